The van der Waals surface area contributed by atoms with E-state index in [2.05, 4.69) is 10.3 Å². The average Bonchev–Trinajstić information content (AvgIpc) is 3.25. The number of nitrogens with one attached hydrogen (secondary N) is 1. The Morgan fingerprint density at radius 1 is 1.38 bits per heavy atom. The van der Waals surface area contributed by atoms with Gasteiger partial charge in [-0.3, -0.25) is 9.69 Å². The van der Waals surface area contributed by atoms with Gasteiger partial charge in [-0.2, -0.15) is 0 Å². The van der Waals surface area contributed by atoms with Gasteiger partial charge in [0.25, 0.3) is 0 Å². The molecule has 1 N–H and O–H groups in total. The summed E-state index contributed by atoms with van der Waals surface area (Å²) in [4.78, 5) is 32.1. The summed E-state index contributed by atoms with van der Waals surface area (Å²) in [5.41, 5.74) is 0.576. The van der Waals surface area contributed by atoms with E-state index in [1.807, 2.05) is 0 Å². The van der Waals surface area contributed by atoms with Crippen LogP contribution in [0.2, 0.25) is 0 Å². The number of rotatable bonds is 3. The molecule has 3 rings (SSSR count). The normalized spacial score (nSPS) is 16.9. The summed E-state index contributed by atoms with van der Waals surface area (Å²) in [6.45, 7) is 0.514. The first-order chi connectivity index (χ1) is 11.6. The lowest BCUT2D eigenvalue weighted by Gasteiger charge is -2.28. The zero-order valence-electron chi connectivity index (χ0n) is 13.1. The highest BCUT2D eigenvalue weighted by atomic mass is 32.1. The third-order valence-corrected chi connectivity index (χ3v) is 4.65. The van der Waals surface area contributed by atoms with E-state index in [0.717, 1.165) is 6.42 Å². The SMILES string of the molecule is CN(C(=O)N1CCC[C@H]1C(=O)Nc1nccs1)c1ccc(F)cc1. The summed E-state index contributed by atoms with van der Waals surface area (Å²) in [6, 6.07) is 4.87. The lowest BCUT2D eigenvalue weighted by molar-refractivity contribution is -0.119. The number of thiazole rings is 1. The molecule has 0 unspecified atom stereocenters. The van der Waals surface area contributed by atoms with Gasteiger partial charge in [0.1, 0.15) is 11.9 Å². The van der Waals surface area contributed by atoms with Crippen molar-refractivity contribution >= 4 is 34.1 Å². The Hall–Kier alpha value is -2.48. The average molecular weight is 348 g/mol. The molecule has 0 saturated carbocycles. The van der Waals surface area contributed by atoms with Crippen LogP contribution >= 0.6 is 11.3 Å². The van der Waals surface area contributed by atoms with Crippen LogP contribution in [0.5, 0.6) is 0 Å². The molecule has 126 valence electrons. The Kier molecular flexibility index (Phi) is 4.75. The van der Waals surface area contributed by atoms with E-state index in [1.54, 1.807) is 23.5 Å². The predicted octanol–water partition coefficient (Wildman–Crippen LogP) is 2.94. The molecule has 1 aromatic carbocycles. The maximum absolute atomic E-state index is 13.0. The van der Waals surface area contributed by atoms with Gasteiger partial charge >= 0.3 is 6.03 Å². The van der Waals surface area contributed by atoms with Crippen LogP contribution in [0.25, 0.3) is 0 Å². The number of anilines is 2. The second-order valence-electron chi connectivity index (χ2n) is 5.50. The lowest BCUT2D eigenvalue weighted by Crippen LogP contribution is -2.48. The number of halogens is 1. The van der Waals surface area contributed by atoms with Crippen LogP contribution in [0.15, 0.2) is 35.8 Å². The van der Waals surface area contributed by atoms with Crippen molar-refractivity contribution in [3.05, 3.63) is 41.7 Å². The van der Waals surface area contributed by atoms with Crippen LogP contribution in [0.3, 0.4) is 0 Å². The van der Waals surface area contributed by atoms with Gasteiger partial charge in [0.15, 0.2) is 5.13 Å². The fourth-order valence-corrected chi connectivity index (χ4v) is 3.24. The molecule has 0 bridgehead atoms. The summed E-state index contributed by atoms with van der Waals surface area (Å²) in [5, 5.41) is 5.03. The third-order valence-electron chi connectivity index (χ3n) is 3.96. The Bertz CT molecular complexity index is 720. The minimum atomic E-state index is -0.524. The summed E-state index contributed by atoms with van der Waals surface area (Å²) in [6.07, 6.45) is 2.99. The van der Waals surface area contributed by atoms with Gasteiger partial charge < -0.3 is 10.2 Å². The van der Waals surface area contributed by atoms with E-state index in [9.17, 15) is 14.0 Å². The molecule has 1 saturated heterocycles. The first-order valence-electron chi connectivity index (χ1n) is 7.56. The number of amides is 3. The molecule has 2 heterocycles. The lowest BCUT2D eigenvalue weighted by atomic mass is 10.2. The number of carbonyl (C=O) groups excluding carboxylic acids is 2. The van der Waals surface area contributed by atoms with Gasteiger partial charge in [-0.1, -0.05) is 0 Å². The summed E-state index contributed by atoms with van der Waals surface area (Å²) >= 11 is 1.33. The van der Waals surface area contributed by atoms with E-state index < -0.39 is 6.04 Å². The minimum absolute atomic E-state index is 0.233. The standard InChI is InChI=1S/C16H17FN4O2S/c1-20(12-6-4-11(17)5-7-12)16(23)21-9-2-3-13(21)14(22)19-15-18-8-10-24-15/h4-8,10,13H,2-3,9H2,1H3,(H,18,19,22)/t13-/m0/s1. The van der Waals surface area contributed by atoms with Crippen molar-refractivity contribution in [1.82, 2.24) is 9.88 Å². The molecule has 2 aromatic rings. The van der Waals surface area contributed by atoms with Gasteiger partial charge in [0.05, 0.1) is 0 Å². The first-order valence-corrected chi connectivity index (χ1v) is 8.44. The van der Waals surface area contributed by atoms with E-state index >= 15 is 0 Å². The Balaban J connectivity index is 1.70. The zero-order valence-corrected chi connectivity index (χ0v) is 13.9. The van der Waals surface area contributed by atoms with E-state index in [-0.39, 0.29) is 17.8 Å². The molecule has 1 aromatic heterocycles. The second-order valence-corrected chi connectivity index (χ2v) is 6.39. The highest BCUT2D eigenvalue weighted by Gasteiger charge is 2.36. The van der Waals surface area contributed by atoms with Crippen molar-refractivity contribution < 1.29 is 14.0 Å². The van der Waals surface area contributed by atoms with Crippen molar-refractivity contribution in [2.75, 3.05) is 23.8 Å². The number of nitrogens with zero attached hydrogens (tertiary/aromatic N) is 3. The number of hydrogen-bond donors (Lipinski definition) is 1. The molecule has 1 atom stereocenters. The number of aromatic nitrogens is 1. The molecule has 0 radical (unpaired) electrons. The molecule has 3 amide bonds. The number of urea groups is 1. The molecular formula is C16H17FN4O2S. The number of hydrogen-bond acceptors (Lipinski definition) is 4. The van der Waals surface area contributed by atoms with Crippen LogP contribution in [0.1, 0.15) is 12.8 Å². The van der Waals surface area contributed by atoms with Crippen molar-refractivity contribution in [2.24, 2.45) is 0 Å². The highest BCUT2D eigenvalue weighted by Crippen LogP contribution is 2.23. The zero-order chi connectivity index (χ0) is 17.1. The third kappa shape index (κ3) is 3.38. The smallest absolute Gasteiger partial charge is 0.312 e. The van der Waals surface area contributed by atoms with Gasteiger partial charge in [-0.15, -0.1) is 11.3 Å². The molecule has 0 spiro atoms. The molecule has 24 heavy (non-hydrogen) atoms. The quantitative estimate of drug-likeness (QED) is 0.927. The number of likely N-dealkylation sites (tertiary alicyclic amines) is 1. The Morgan fingerprint density at radius 2 is 2.12 bits per heavy atom. The van der Waals surface area contributed by atoms with Crippen LogP contribution in [-0.4, -0.2) is 41.5 Å². The molecule has 6 nitrogen and oxygen atoms in total. The summed E-state index contributed by atoms with van der Waals surface area (Å²) in [7, 11) is 1.61. The molecule has 1 aliphatic rings. The summed E-state index contributed by atoms with van der Waals surface area (Å²) in [5.74, 6) is -0.593. The van der Waals surface area contributed by atoms with Crippen LogP contribution in [-0.2, 0) is 4.79 Å². The van der Waals surface area contributed by atoms with E-state index in [4.69, 9.17) is 0 Å². The fourth-order valence-electron chi connectivity index (χ4n) is 2.71. The molecule has 8 heteroatoms. The van der Waals surface area contributed by atoms with Crippen LogP contribution < -0.4 is 10.2 Å². The predicted molar refractivity (Wildman–Crippen MR) is 90.7 cm³/mol. The largest absolute Gasteiger partial charge is 0.324 e. The molecular weight excluding hydrogens is 331 g/mol. The van der Waals surface area contributed by atoms with Crippen LogP contribution in [0.4, 0.5) is 20.0 Å². The molecule has 1 fully saturated rings. The van der Waals surface area contributed by atoms with Gasteiger partial charge in [0, 0.05) is 30.9 Å². The summed E-state index contributed by atoms with van der Waals surface area (Å²) < 4.78 is 13.0. The minimum Gasteiger partial charge on any atom is -0.312 e. The fraction of sp³-hybridized carbons (Fsp3) is 0.312. The first kappa shape index (κ1) is 16.4. The molecule has 1 aliphatic heterocycles. The van der Waals surface area contributed by atoms with Crippen LogP contribution in [0, 0.1) is 5.82 Å². The second kappa shape index (κ2) is 6.96. The van der Waals surface area contributed by atoms with Gasteiger partial charge in [0.2, 0.25) is 5.91 Å². The topological polar surface area (TPSA) is 65.5 Å². The van der Waals surface area contributed by atoms with Crippen molar-refractivity contribution in [1.29, 1.82) is 0 Å². The van der Waals surface area contributed by atoms with E-state index in [0.29, 0.717) is 23.8 Å². The van der Waals surface area contributed by atoms with Crippen molar-refractivity contribution in [3.8, 4) is 0 Å². The van der Waals surface area contributed by atoms with Gasteiger partial charge in [-0.25, -0.2) is 14.2 Å². The Morgan fingerprint density at radius 3 is 2.79 bits per heavy atom. The highest BCUT2D eigenvalue weighted by molar-refractivity contribution is 7.13. The number of carbonyl (C=O) groups is 2. The number of benzene rings is 1. The Labute approximate surface area is 142 Å². The van der Waals surface area contributed by atoms with Gasteiger partial charge in [-0.05, 0) is 37.1 Å². The van der Waals surface area contributed by atoms with E-state index in [1.165, 1.54) is 40.5 Å². The maximum Gasteiger partial charge on any atom is 0.324 e. The van der Waals surface area contributed by atoms with Crippen molar-refractivity contribution in [2.45, 2.75) is 18.9 Å². The monoisotopic (exact) mass is 348 g/mol. The molecule has 0 aliphatic carbocycles. The maximum atomic E-state index is 13.0. The van der Waals surface area contributed by atoms with Crippen molar-refractivity contribution in [3.63, 3.8) is 0 Å².